The highest BCUT2D eigenvalue weighted by molar-refractivity contribution is 7.99. The molecular formula is C35H46N2O2S. The molecule has 0 saturated heterocycles. The first-order chi connectivity index (χ1) is 19.6. The third-order valence-corrected chi connectivity index (χ3v) is 7.68. The second kappa shape index (κ2) is 17.5. The lowest BCUT2D eigenvalue weighted by Crippen LogP contribution is -2.35. The van der Waals surface area contributed by atoms with Gasteiger partial charge < -0.3 is 10.5 Å². The number of pyridine rings is 1. The van der Waals surface area contributed by atoms with Crippen LogP contribution in [0.3, 0.4) is 0 Å². The Labute approximate surface area is 245 Å². The van der Waals surface area contributed by atoms with Crippen LogP contribution >= 0.6 is 11.8 Å². The Morgan fingerprint density at radius 3 is 2.33 bits per heavy atom. The van der Waals surface area contributed by atoms with Crippen LogP contribution in [0.4, 0.5) is 0 Å². The number of thioether (sulfide) groups is 1. The number of hydrogen-bond acceptors (Lipinski definition) is 5. The van der Waals surface area contributed by atoms with Crippen molar-refractivity contribution in [2.24, 2.45) is 5.73 Å². The molecule has 0 fully saturated rings. The molecule has 0 radical (unpaired) electrons. The van der Waals surface area contributed by atoms with Crippen LogP contribution in [0.5, 0.6) is 0 Å². The maximum Gasteiger partial charge on any atom is 0.323 e. The molecule has 2 N–H and O–H groups in total. The van der Waals surface area contributed by atoms with Gasteiger partial charge in [-0.25, -0.2) is 0 Å². The molecule has 3 aromatic carbocycles. The summed E-state index contributed by atoms with van der Waals surface area (Å²) in [5.74, 6) is 0.170. The molecule has 0 aliphatic heterocycles. The first-order valence-corrected chi connectivity index (χ1v) is 15.7. The second-order valence-corrected chi connectivity index (χ2v) is 9.79. The Morgan fingerprint density at radius 1 is 0.900 bits per heavy atom. The Morgan fingerprint density at radius 2 is 1.57 bits per heavy atom. The summed E-state index contributed by atoms with van der Waals surface area (Å²) >= 11 is 1.72. The van der Waals surface area contributed by atoms with Gasteiger partial charge in [-0.15, -0.1) is 11.8 Å². The molecular weight excluding hydrogens is 512 g/mol. The van der Waals surface area contributed by atoms with Crippen LogP contribution in [0.15, 0.2) is 78.9 Å². The maximum atomic E-state index is 12.1. The molecule has 1 heterocycles. The summed E-state index contributed by atoms with van der Waals surface area (Å²) in [6, 6.07) is 27.2. The zero-order valence-electron chi connectivity index (χ0n) is 25.2. The number of hydrogen-bond donors (Lipinski definition) is 1. The Hall–Kier alpha value is -3.15. The SMILES string of the molecule is CC.CC.CC.CCOC(=O)[C@@H](N)CS[C@@H]1c2ccccc2Cc2ccc(Cc3ccc4ccccc4n3)cc21. The molecule has 214 valence electrons. The van der Waals surface area contributed by atoms with Crippen molar-refractivity contribution in [2.75, 3.05) is 12.4 Å². The van der Waals surface area contributed by atoms with E-state index in [1.165, 1.54) is 27.8 Å². The number of benzene rings is 3. The molecule has 1 aliphatic carbocycles. The normalized spacial score (nSPS) is 13.6. The summed E-state index contributed by atoms with van der Waals surface area (Å²) < 4.78 is 5.11. The predicted octanol–water partition coefficient (Wildman–Crippen LogP) is 8.52. The minimum Gasteiger partial charge on any atom is -0.465 e. The Kier molecular flexibility index (Phi) is 14.5. The van der Waals surface area contributed by atoms with Crippen molar-refractivity contribution in [2.45, 2.75) is 72.6 Å². The van der Waals surface area contributed by atoms with E-state index in [-0.39, 0.29) is 11.2 Å². The molecule has 4 nitrogen and oxygen atoms in total. The Bertz CT molecular complexity index is 1340. The van der Waals surface area contributed by atoms with Gasteiger partial charge in [0.1, 0.15) is 6.04 Å². The van der Waals surface area contributed by atoms with Crippen LogP contribution < -0.4 is 5.73 Å². The minimum atomic E-state index is -0.632. The quantitative estimate of drug-likeness (QED) is 0.230. The van der Waals surface area contributed by atoms with Gasteiger partial charge in [-0.2, -0.15) is 0 Å². The summed E-state index contributed by atoms with van der Waals surface area (Å²) in [7, 11) is 0. The summed E-state index contributed by atoms with van der Waals surface area (Å²) in [5, 5.41) is 1.28. The maximum absolute atomic E-state index is 12.1. The fraction of sp³-hybridized carbons (Fsp3) is 0.371. The second-order valence-electron chi connectivity index (χ2n) is 8.65. The first kappa shape index (κ1) is 33.1. The zero-order valence-corrected chi connectivity index (χ0v) is 26.1. The van der Waals surface area contributed by atoms with Crippen LogP contribution in [0.1, 0.15) is 87.2 Å². The third-order valence-electron chi connectivity index (χ3n) is 6.28. The topological polar surface area (TPSA) is 65.2 Å². The van der Waals surface area contributed by atoms with Gasteiger partial charge in [0, 0.05) is 23.3 Å². The molecule has 5 heteroatoms. The van der Waals surface area contributed by atoms with Crippen molar-refractivity contribution in [3.63, 3.8) is 0 Å². The lowest BCUT2D eigenvalue weighted by Gasteiger charge is -2.29. The highest BCUT2D eigenvalue weighted by atomic mass is 32.2. The molecule has 0 saturated carbocycles. The monoisotopic (exact) mass is 558 g/mol. The number of ether oxygens (including phenoxy) is 1. The van der Waals surface area contributed by atoms with Crippen molar-refractivity contribution < 1.29 is 9.53 Å². The van der Waals surface area contributed by atoms with E-state index in [2.05, 4.69) is 66.7 Å². The van der Waals surface area contributed by atoms with Crippen molar-refractivity contribution >= 4 is 28.6 Å². The van der Waals surface area contributed by atoms with Crippen LogP contribution in [-0.2, 0) is 22.4 Å². The lowest BCUT2D eigenvalue weighted by molar-refractivity contribution is -0.144. The summed E-state index contributed by atoms with van der Waals surface area (Å²) in [4.78, 5) is 17.0. The van der Waals surface area contributed by atoms with Crippen molar-refractivity contribution in [1.29, 1.82) is 0 Å². The third kappa shape index (κ3) is 8.42. The lowest BCUT2D eigenvalue weighted by atomic mass is 9.84. The van der Waals surface area contributed by atoms with Gasteiger partial charge in [-0.3, -0.25) is 9.78 Å². The van der Waals surface area contributed by atoms with E-state index in [0.717, 1.165) is 29.4 Å². The van der Waals surface area contributed by atoms with E-state index in [0.29, 0.717) is 12.4 Å². The molecule has 40 heavy (non-hydrogen) atoms. The molecule has 1 aromatic heterocycles. The number of para-hydroxylation sites is 1. The van der Waals surface area contributed by atoms with Gasteiger partial charge in [0.2, 0.25) is 0 Å². The van der Waals surface area contributed by atoms with Crippen molar-refractivity contribution in [3.05, 3.63) is 112 Å². The zero-order chi connectivity index (χ0) is 29.5. The summed E-state index contributed by atoms with van der Waals surface area (Å²) in [5.41, 5.74) is 14.7. The van der Waals surface area contributed by atoms with Crippen molar-refractivity contribution in [3.8, 4) is 0 Å². The van der Waals surface area contributed by atoms with Gasteiger partial charge >= 0.3 is 5.97 Å². The fourth-order valence-electron chi connectivity index (χ4n) is 4.60. The van der Waals surface area contributed by atoms with Crippen LogP contribution in [-0.4, -0.2) is 29.4 Å². The van der Waals surface area contributed by atoms with Gasteiger partial charge in [-0.05, 0) is 53.3 Å². The van der Waals surface area contributed by atoms with E-state index in [4.69, 9.17) is 15.5 Å². The largest absolute Gasteiger partial charge is 0.465 e. The van der Waals surface area contributed by atoms with Gasteiger partial charge in [0.25, 0.3) is 0 Å². The number of fused-ring (bicyclic) bond motifs is 3. The predicted molar refractivity (Wildman–Crippen MR) is 173 cm³/mol. The number of carbonyl (C=O) groups is 1. The number of nitrogens with zero attached hydrogens (tertiary/aromatic N) is 1. The molecule has 0 amide bonds. The molecule has 0 unspecified atom stereocenters. The van der Waals surface area contributed by atoms with E-state index >= 15 is 0 Å². The van der Waals surface area contributed by atoms with E-state index in [1.807, 2.05) is 53.7 Å². The standard InChI is InChI=1S/C29H28N2O2S.3C2H6/c1-2-33-29(32)26(30)18-34-28-24-9-5-3-8-21(24)17-22-12-11-19(16-25(22)28)15-23-14-13-20-7-4-6-10-27(20)31-23;3*1-2/h3-14,16,26,28H,2,15,17-18,30H2,1H3;3*1-2H3/t26-,28+;;;/m0.../s1. The molecule has 0 spiro atoms. The number of nitrogens with two attached hydrogens (primary N) is 1. The van der Waals surface area contributed by atoms with E-state index < -0.39 is 6.04 Å². The van der Waals surface area contributed by atoms with Gasteiger partial charge in [-0.1, -0.05) is 108 Å². The summed E-state index contributed by atoms with van der Waals surface area (Å²) in [6.07, 6.45) is 1.69. The molecule has 4 aromatic rings. The number of aromatic nitrogens is 1. The van der Waals surface area contributed by atoms with Crippen LogP contribution in [0.2, 0.25) is 0 Å². The fourth-order valence-corrected chi connectivity index (χ4v) is 5.94. The Balaban J connectivity index is 0.000000876. The highest BCUT2D eigenvalue weighted by Crippen LogP contribution is 2.44. The average Bonchev–Trinajstić information content (AvgIpc) is 3.02. The number of rotatable bonds is 7. The van der Waals surface area contributed by atoms with Crippen LogP contribution in [0, 0.1) is 0 Å². The van der Waals surface area contributed by atoms with Crippen LogP contribution in [0.25, 0.3) is 10.9 Å². The molecule has 5 rings (SSSR count). The first-order valence-electron chi connectivity index (χ1n) is 14.7. The molecule has 2 atom stereocenters. The van der Waals surface area contributed by atoms with Crippen molar-refractivity contribution in [1.82, 2.24) is 4.98 Å². The minimum absolute atomic E-state index is 0.130. The van der Waals surface area contributed by atoms with E-state index in [1.54, 1.807) is 18.7 Å². The summed E-state index contributed by atoms with van der Waals surface area (Å²) in [6.45, 7) is 14.1. The molecule has 0 bridgehead atoms. The molecule has 1 aliphatic rings. The highest BCUT2D eigenvalue weighted by Gasteiger charge is 2.27. The smallest absolute Gasteiger partial charge is 0.323 e. The van der Waals surface area contributed by atoms with Gasteiger partial charge in [0.05, 0.1) is 17.4 Å². The average molecular weight is 559 g/mol. The number of esters is 1. The van der Waals surface area contributed by atoms with E-state index in [9.17, 15) is 4.79 Å². The number of carbonyl (C=O) groups excluding carboxylic acids is 1. The van der Waals surface area contributed by atoms with Gasteiger partial charge in [0.15, 0.2) is 0 Å².